The number of pyridine rings is 1. The van der Waals surface area contributed by atoms with E-state index in [9.17, 15) is 0 Å². The van der Waals surface area contributed by atoms with Crippen molar-refractivity contribution >= 4 is 5.82 Å². The Morgan fingerprint density at radius 1 is 1.47 bits per heavy atom. The number of imidazole rings is 1. The number of nitriles is 1. The Morgan fingerprint density at radius 2 is 2.37 bits per heavy atom. The topological polar surface area (TPSA) is 57.7 Å². The van der Waals surface area contributed by atoms with Gasteiger partial charge in [-0.05, 0) is 25.0 Å². The highest BCUT2D eigenvalue weighted by Gasteiger charge is 2.24. The van der Waals surface area contributed by atoms with Crippen molar-refractivity contribution in [2.24, 2.45) is 0 Å². The standard InChI is InChI=1S/C14H15N5/c1-11-6-14(17-8-12(11)7-15)18-4-2-13(9-18)19-5-3-16-10-19/h3,5-6,8,10,13H,2,4,9H2,1H3. The summed E-state index contributed by atoms with van der Waals surface area (Å²) in [6.45, 7) is 3.88. The third-order valence-electron chi connectivity index (χ3n) is 3.65. The van der Waals surface area contributed by atoms with Crippen LogP contribution in [0.5, 0.6) is 0 Å². The lowest BCUT2D eigenvalue weighted by molar-refractivity contribution is 0.551. The van der Waals surface area contributed by atoms with Gasteiger partial charge in [0.2, 0.25) is 0 Å². The maximum Gasteiger partial charge on any atom is 0.128 e. The van der Waals surface area contributed by atoms with E-state index in [-0.39, 0.29) is 0 Å². The highest BCUT2D eigenvalue weighted by Crippen LogP contribution is 2.26. The van der Waals surface area contributed by atoms with Gasteiger partial charge < -0.3 is 9.47 Å². The summed E-state index contributed by atoms with van der Waals surface area (Å²) in [5.41, 5.74) is 1.63. The number of anilines is 1. The van der Waals surface area contributed by atoms with Gasteiger partial charge in [-0.2, -0.15) is 5.26 Å². The second kappa shape index (κ2) is 4.73. The van der Waals surface area contributed by atoms with E-state index in [2.05, 4.69) is 25.5 Å². The molecular weight excluding hydrogens is 238 g/mol. The van der Waals surface area contributed by atoms with Crippen LogP contribution in [-0.4, -0.2) is 27.6 Å². The van der Waals surface area contributed by atoms with Gasteiger partial charge in [-0.25, -0.2) is 9.97 Å². The van der Waals surface area contributed by atoms with E-state index >= 15 is 0 Å². The first kappa shape index (κ1) is 11.7. The number of hydrogen-bond donors (Lipinski definition) is 0. The molecule has 2 aromatic heterocycles. The van der Waals surface area contributed by atoms with Gasteiger partial charge in [0.25, 0.3) is 0 Å². The first-order valence-electron chi connectivity index (χ1n) is 6.37. The quantitative estimate of drug-likeness (QED) is 0.820. The lowest BCUT2D eigenvalue weighted by Gasteiger charge is -2.18. The number of rotatable bonds is 2. The highest BCUT2D eigenvalue weighted by molar-refractivity contribution is 5.47. The molecule has 0 bridgehead atoms. The molecule has 96 valence electrons. The molecule has 1 atom stereocenters. The summed E-state index contributed by atoms with van der Waals surface area (Å²) in [7, 11) is 0. The molecule has 0 radical (unpaired) electrons. The van der Waals surface area contributed by atoms with Crippen LogP contribution in [-0.2, 0) is 0 Å². The Hall–Kier alpha value is -2.35. The number of aryl methyl sites for hydroxylation is 1. The Kier molecular flexibility index (Phi) is 2.92. The summed E-state index contributed by atoms with van der Waals surface area (Å²) in [5.74, 6) is 0.958. The number of nitrogens with zero attached hydrogens (tertiary/aromatic N) is 5. The fraction of sp³-hybridized carbons (Fsp3) is 0.357. The maximum atomic E-state index is 8.93. The van der Waals surface area contributed by atoms with Gasteiger partial charge in [-0.3, -0.25) is 0 Å². The molecule has 19 heavy (non-hydrogen) atoms. The predicted octanol–water partition coefficient (Wildman–Crippen LogP) is 1.91. The SMILES string of the molecule is Cc1cc(N2CCC(n3ccnc3)C2)ncc1C#N. The van der Waals surface area contributed by atoms with Crippen LogP contribution >= 0.6 is 0 Å². The molecule has 1 fully saturated rings. The lowest BCUT2D eigenvalue weighted by atomic mass is 10.2. The Labute approximate surface area is 112 Å². The first-order chi connectivity index (χ1) is 9.28. The molecule has 0 aliphatic carbocycles. The monoisotopic (exact) mass is 253 g/mol. The van der Waals surface area contributed by atoms with Crippen LogP contribution in [0.4, 0.5) is 5.82 Å². The predicted molar refractivity (Wildman–Crippen MR) is 71.8 cm³/mol. The molecule has 1 aliphatic rings. The zero-order chi connectivity index (χ0) is 13.2. The molecule has 5 nitrogen and oxygen atoms in total. The van der Waals surface area contributed by atoms with E-state index in [4.69, 9.17) is 5.26 Å². The molecule has 0 amide bonds. The van der Waals surface area contributed by atoms with E-state index in [0.717, 1.165) is 30.9 Å². The van der Waals surface area contributed by atoms with Crippen LogP contribution in [0.3, 0.4) is 0 Å². The summed E-state index contributed by atoms with van der Waals surface area (Å²) < 4.78 is 2.15. The molecule has 3 rings (SSSR count). The van der Waals surface area contributed by atoms with Gasteiger partial charge in [0.1, 0.15) is 11.9 Å². The van der Waals surface area contributed by atoms with E-state index in [1.165, 1.54) is 0 Å². The van der Waals surface area contributed by atoms with Gasteiger partial charge in [0.15, 0.2) is 0 Å². The molecule has 0 spiro atoms. The van der Waals surface area contributed by atoms with E-state index in [0.29, 0.717) is 11.6 Å². The summed E-state index contributed by atoms with van der Waals surface area (Å²) in [6.07, 6.45) is 8.44. The zero-order valence-electron chi connectivity index (χ0n) is 10.8. The first-order valence-corrected chi connectivity index (χ1v) is 6.37. The smallest absolute Gasteiger partial charge is 0.128 e. The van der Waals surface area contributed by atoms with E-state index < -0.39 is 0 Å². The molecule has 0 aromatic carbocycles. The van der Waals surface area contributed by atoms with Crippen molar-refractivity contribution in [3.63, 3.8) is 0 Å². The van der Waals surface area contributed by atoms with Gasteiger partial charge in [-0.15, -0.1) is 0 Å². The largest absolute Gasteiger partial charge is 0.354 e. The second-order valence-corrected chi connectivity index (χ2v) is 4.87. The molecular formula is C14H15N5. The molecule has 1 aliphatic heterocycles. The summed E-state index contributed by atoms with van der Waals surface area (Å²) in [5, 5.41) is 8.93. The van der Waals surface area contributed by atoms with E-state index in [1.54, 1.807) is 6.20 Å². The fourth-order valence-electron chi connectivity index (χ4n) is 2.51. The molecule has 1 unspecified atom stereocenters. The normalized spacial score (nSPS) is 18.5. The van der Waals surface area contributed by atoms with Crippen LogP contribution in [0.2, 0.25) is 0 Å². The van der Waals surface area contributed by atoms with Gasteiger partial charge in [0, 0.05) is 31.7 Å². The molecule has 1 saturated heterocycles. The second-order valence-electron chi connectivity index (χ2n) is 4.87. The van der Waals surface area contributed by atoms with Crippen LogP contribution in [0, 0.1) is 18.3 Å². The minimum atomic E-state index is 0.459. The average molecular weight is 253 g/mol. The fourth-order valence-corrected chi connectivity index (χ4v) is 2.51. The third-order valence-corrected chi connectivity index (χ3v) is 3.65. The molecule has 0 saturated carbocycles. The number of aromatic nitrogens is 3. The van der Waals surface area contributed by atoms with Gasteiger partial charge in [-0.1, -0.05) is 0 Å². The summed E-state index contributed by atoms with van der Waals surface area (Å²) in [4.78, 5) is 10.7. The molecule has 0 N–H and O–H groups in total. The Balaban J connectivity index is 1.78. The molecule has 3 heterocycles. The molecule has 2 aromatic rings. The average Bonchev–Trinajstić information content (AvgIpc) is 3.09. The number of hydrogen-bond acceptors (Lipinski definition) is 4. The van der Waals surface area contributed by atoms with Crippen molar-refractivity contribution < 1.29 is 0 Å². The van der Waals surface area contributed by atoms with Crippen LogP contribution in [0.1, 0.15) is 23.6 Å². The van der Waals surface area contributed by atoms with Crippen molar-refractivity contribution in [2.75, 3.05) is 18.0 Å². The summed E-state index contributed by atoms with van der Waals surface area (Å²) in [6, 6.07) is 4.60. The van der Waals surface area contributed by atoms with Crippen molar-refractivity contribution in [3.8, 4) is 6.07 Å². The van der Waals surface area contributed by atoms with Crippen molar-refractivity contribution in [1.29, 1.82) is 5.26 Å². The third kappa shape index (κ3) is 2.17. The highest BCUT2D eigenvalue weighted by atomic mass is 15.2. The minimum absolute atomic E-state index is 0.459. The summed E-state index contributed by atoms with van der Waals surface area (Å²) >= 11 is 0. The Morgan fingerprint density at radius 3 is 3.05 bits per heavy atom. The Bertz CT molecular complexity index is 611. The van der Waals surface area contributed by atoms with Crippen molar-refractivity contribution in [3.05, 3.63) is 42.1 Å². The minimum Gasteiger partial charge on any atom is -0.354 e. The van der Waals surface area contributed by atoms with E-state index in [1.807, 2.05) is 31.7 Å². The van der Waals surface area contributed by atoms with Gasteiger partial charge in [0.05, 0.1) is 17.9 Å². The van der Waals surface area contributed by atoms with Crippen LogP contribution < -0.4 is 4.90 Å². The maximum absolute atomic E-state index is 8.93. The van der Waals surface area contributed by atoms with Gasteiger partial charge >= 0.3 is 0 Å². The van der Waals surface area contributed by atoms with Crippen molar-refractivity contribution in [1.82, 2.24) is 14.5 Å². The van der Waals surface area contributed by atoms with Crippen LogP contribution in [0.15, 0.2) is 31.0 Å². The zero-order valence-corrected chi connectivity index (χ0v) is 10.8. The lowest BCUT2D eigenvalue weighted by Crippen LogP contribution is -2.21. The van der Waals surface area contributed by atoms with Crippen molar-refractivity contribution in [2.45, 2.75) is 19.4 Å². The molecule has 5 heteroatoms. The van der Waals surface area contributed by atoms with Crippen LogP contribution in [0.25, 0.3) is 0 Å².